The maximum Gasteiger partial charge on any atom is 0.248 e. The molecular weight excluding hydrogens is 344 g/mol. The molecule has 0 spiro atoms. The number of rotatable bonds is 4. The van der Waals surface area contributed by atoms with Gasteiger partial charge in [0.15, 0.2) is 5.76 Å². The molecule has 0 bridgehead atoms. The van der Waals surface area contributed by atoms with Crippen LogP contribution in [0.25, 0.3) is 0 Å². The third-order valence-corrected chi connectivity index (χ3v) is 6.48. The van der Waals surface area contributed by atoms with Crippen LogP contribution in [0.5, 0.6) is 0 Å². The minimum Gasteiger partial charge on any atom is -0.360 e. The highest BCUT2D eigenvalue weighted by molar-refractivity contribution is 7.89. The summed E-state index contributed by atoms with van der Waals surface area (Å²) in [6, 6.07) is 3.43. The smallest absolute Gasteiger partial charge is 0.248 e. The number of carbonyl (C=O) groups excluding carboxylic acids is 1. The molecule has 9 heteroatoms. The van der Waals surface area contributed by atoms with E-state index in [4.69, 9.17) is 4.52 Å². The number of carbonyl (C=O) groups is 1. The fraction of sp³-hybridized carbons (Fsp3) is 0.438. The first-order chi connectivity index (χ1) is 11.9. The van der Waals surface area contributed by atoms with E-state index >= 15 is 0 Å². The van der Waals surface area contributed by atoms with Gasteiger partial charge >= 0.3 is 0 Å². The lowest BCUT2D eigenvalue weighted by atomic mass is 9.97. The molecule has 1 saturated heterocycles. The second-order valence-electron chi connectivity index (χ2n) is 6.06. The Bertz CT molecular complexity index is 836. The minimum absolute atomic E-state index is 0.0967. The van der Waals surface area contributed by atoms with E-state index in [0.717, 1.165) is 0 Å². The summed E-state index contributed by atoms with van der Waals surface area (Å²) in [7, 11) is -3.65. The number of sulfonamides is 1. The number of hydrogen-bond acceptors (Lipinski definition) is 6. The van der Waals surface area contributed by atoms with E-state index in [1.807, 2.05) is 0 Å². The van der Waals surface area contributed by atoms with Crippen LogP contribution in [0.2, 0.25) is 0 Å². The molecule has 0 radical (unpaired) electrons. The monoisotopic (exact) mass is 364 g/mol. The lowest BCUT2D eigenvalue weighted by Crippen LogP contribution is -2.41. The third kappa shape index (κ3) is 3.57. The lowest BCUT2D eigenvalue weighted by Gasteiger charge is -2.30. The Morgan fingerprint density at radius 1 is 1.24 bits per heavy atom. The number of pyridine rings is 1. The lowest BCUT2D eigenvalue weighted by molar-refractivity contribution is -0.120. The van der Waals surface area contributed by atoms with Gasteiger partial charge in [-0.05, 0) is 38.8 Å². The third-order valence-electron chi connectivity index (χ3n) is 4.34. The Hall–Kier alpha value is -2.26. The first-order valence-corrected chi connectivity index (χ1v) is 9.47. The summed E-state index contributed by atoms with van der Waals surface area (Å²) >= 11 is 0. The molecule has 8 nitrogen and oxygen atoms in total. The van der Waals surface area contributed by atoms with Crippen molar-refractivity contribution in [3.63, 3.8) is 0 Å². The van der Waals surface area contributed by atoms with Crippen molar-refractivity contribution in [3.05, 3.63) is 36.0 Å². The Kier molecular flexibility index (Phi) is 4.87. The van der Waals surface area contributed by atoms with Crippen molar-refractivity contribution in [2.75, 3.05) is 18.4 Å². The summed E-state index contributed by atoms with van der Waals surface area (Å²) in [6.07, 6.45) is 4.15. The van der Waals surface area contributed by atoms with E-state index in [9.17, 15) is 13.2 Å². The van der Waals surface area contributed by atoms with E-state index in [2.05, 4.69) is 15.5 Å². The van der Waals surface area contributed by atoms with Gasteiger partial charge in [-0.25, -0.2) is 8.42 Å². The highest BCUT2D eigenvalue weighted by Crippen LogP contribution is 2.28. The first-order valence-electron chi connectivity index (χ1n) is 8.03. The molecule has 1 fully saturated rings. The molecule has 1 amide bonds. The summed E-state index contributed by atoms with van der Waals surface area (Å²) in [5, 5.41) is 6.56. The first kappa shape index (κ1) is 17.6. The number of amides is 1. The number of hydrogen-bond donors (Lipinski definition) is 1. The average molecular weight is 364 g/mol. The fourth-order valence-electron chi connectivity index (χ4n) is 3.01. The summed E-state index contributed by atoms with van der Waals surface area (Å²) < 4.78 is 31.9. The zero-order valence-electron chi connectivity index (χ0n) is 14.1. The molecule has 1 aliphatic rings. The quantitative estimate of drug-likeness (QED) is 0.886. The number of aromatic nitrogens is 2. The molecule has 2 aromatic rings. The van der Waals surface area contributed by atoms with Gasteiger partial charge in [-0.2, -0.15) is 4.31 Å². The van der Waals surface area contributed by atoms with E-state index in [1.54, 1.807) is 38.4 Å². The molecule has 2 aromatic heterocycles. The molecule has 1 N–H and O–H groups in total. The fourth-order valence-corrected chi connectivity index (χ4v) is 4.77. The van der Waals surface area contributed by atoms with Gasteiger partial charge in [-0.1, -0.05) is 5.16 Å². The molecule has 0 aliphatic carbocycles. The predicted octanol–water partition coefficient (Wildman–Crippen LogP) is 1.73. The number of nitrogens with one attached hydrogen (secondary N) is 1. The molecule has 134 valence electrons. The van der Waals surface area contributed by atoms with Crippen LogP contribution in [0.3, 0.4) is 0 Å². The molecule has 0 saturated carbocycles. The van der Waals surface area contributed by atoms with Crippen LogP contribution < -0.4 is 5.32 Å². The van der Waals surface area contributed by atoms with Gasteiger partial charge in [0.2, 0.25) is 15.9 Å². The molecule has 0 aromatic carbocycles. The summed E-state index contributed by atoms with van der Waals surface area (Å²) in [6.45, 7) is 3.78. The standard InChI is InChI=1S/C16H20N4O4S/c1-11-15(12(2)24-19-11)25(22,23)20-9-5-13(6-10-20)16(21)18-14-3-7-17-8-4-14/h3-4,7-8,13H,5-6,9-10H2,1-2H3,(H,17,18,21). The van der Waals surface area contributed by atoms with E-state index in [1.165, 1.54) is 4.31 Å². The van der Waals surface area contributed by atoms with Gasteiger partial charge in [-0.3, -0.25) is 9.78 Å². The van der Waals surface area contributed by atoms with Crippen LogP contribution >= 0.6 is 0 Å². The predicted molar refractivity (Wildman–Crippen MR) is 90.3 cm³/mol. The second kappa shape index (κ2) is 6.93. The van der Waals surface area contributed by atoms with Gasteiger partial charge in [0.25, 0.3) is 0 Å². The Morgan fingerprint density at radius 2 is 1.88 bits per heavy atom. The maximum atomic E-state index is 12.8. The Balaban J connectivity index is 1.65. The number of piperidine rings is 1. The number of nitrogens with zero attached hydrogens (tertiary/aromatic N) is 3. The van der Waals surface area contributed by atoms with Crippen LogP contribution in [0, 0.1) is 19.8 Å². The SMILES string of the molecule is Cc1noc(C)c1S(=O)(=O)N1CCC(C(=O)Nc2ccncc2)CC1. The van der Waals surface area contributed by atoms with Crippen molar-refractivity contribution in [2.45, 2.75) is 31.6 Å². The van der Waals surface area contributed by atoms with Gasteiger partial charge in [0, 0.05) is 37.1 Å². The number of anilines is 1. The molecule has 0 atom stereocenters. The largest absolute Gasteiger partial charge is 0.360 e. The molecule has 1 aliphatic heterocycles. The summed E-state index contributed by atoms with van der Waals surface area (Å²) in [5.41, 5.74) is 1.04. The molecule has 25 heavy (non-hydrogen) atoms. The van der Waals surface area contributed by atoms with Crippen molar-refractivity contribution in [3.8, 4) is 0 Å². The van der Waals surface area contributed by atoms with Gasteiger partial charge in [-0.15, -0.1) is 0 Å². The highest BCUT2D eigenvalue weighted by atomic mass is 32.2. The van der Waals surface area contributed by atoms with Crippen LogP contribution in [-0.2, 0) is 14.8 Å². The average Bonchev–Trinajstić information content (AvgIpc) is 2.95. The van der Waals surface area contributed by atoms with Crippen LogP contribution in [0.1, 0.15) is 24.3 Å². The molecule has 3 heterocycles. The minimum atomic E-state index is -3.65. The molecular formula is C16H20N4O4S. The Labute approximate surface area is 146 Å². The highest BCUT2D eigenvalue weighted by Gasteiger charge is 2.35. The molecule has 0 unspecified atom stereocenters. The Morgan fingerprint density at radius 3 is 2.44 bits per heavy atom. The van der Waals surface area contributed by atoms with Gasteiger partial charge < -0.3 is 9.84 Å². The van der Waals surface area contributed by atoms with Crippen molar-refractivity contribution in [1.29, 1.82) is 0 Å². The maximum absolute atomic E-state index is 12.8. The zero-order chi connectivity index (χ0) is 18.0. The zero-order valence-corrected chi connectivity index (χ0v) is 14.9. The second-order valence-corrected chi connectivity index (χ2v) is 7.93. The van der Waals surface area contributed by atoms with Gasteiger partial charge in [0.1, 0.15) is 10.6 Å². The summed E-state index contributed by atoms with van der Waals surface area (Å²) in [5.74, 6) is -0.0278. The molecule has 3 rings (SSSR count). The normalized spacial score (nSPS) is 16.7. The van der Waals surface area contributed by atoms with Crippen LogP contribution in [-0.4, -0.2) is 41.9 Å². The van der Waals surface area contributed by atoms with E-state index < -0.39 is 10.0 Å². The van der Waals surface area contributed by atoms with Crippen molar-refractivity contribution < 1.29 is 17.7 Å². The van der Waals surface area contributed by atoms with Crippen molar-refractivity contribution >= 4 is 21.6 Å². The van der Waals surface area contributed by atoms with Crippen LogP contribution in [0.15, 0.2) is 33.9 Å². The van der Waals surface area contributed by atoms with Crippen LogP contribution in [0.4, 0.5) is 5.69 Å². The van der Waals surface area contributed by atoms with Crippen molar-refractivity contribution in [2.24, 2.45) is 5.92 Å². The van der Waals surface area contributed by atoms with Crippen molar-refractivity contribution in [1.82, 2.24) is 14.4 Å². The summed E-state index contributed by atoms with van der Waals surface area (Å²) in [4.78, 5) is 16.4. The van der Waals surface area contributed by atoms with E-state index in [0.29, 0.717) is 37.3 Å². The topological polar surface area (TPSA) is 105 Å². The van der Waals surface area contributed by atoms with Gasteiger partial charge in [0.05, 0.1) is 0 Å². The van der Waals surface area contributed by atoms with E-state index in [-0.39, 0.29) is 22.5 Å². The number of aryl methyl sites for hydroxylation is 2.